The molecule has 0 aliphatic rings. The van der Waals surface area contributed by atoms with Gasteiger partial charge in [-0.2, -0.15) is 4.72 Å². The number of carbonyl (C=O) groups is 2. The number of halogens is 2. The number of carbonyl (C=O) groups excluding carboxylic acids is 2. The molecule has 10 heteroatoms. The Balaban J connectivity index is 1.88. The second-order valence-electron chi connectivity index (χ2n) is 5.90. The van der Waals surface area contributed by atoms with E-state index >= 15 is 0 Å². The summed E-state index contributed by atoms with van der Waals surface area (Å²) in [5.41, 5.74) is 2.38. The lowest BCUT2D eigenvalue weighted by atomic mass is 10.1. The zero-order chi connectivity index (χ0) is 20.9. The van der Waals surface area contributed by atoms with Gasteiger partial charge >= 0.3 is 5.97 Å². The third-order valence-electron chi connectivity index (χ3n) is 3.61. The smallest absolute Gasteiger partial charge is 0.321 e. The molecule has 0 radical (unpaired) electrons. The van der Waals surface area contributed by atoms with Gasteiger partial charge < -0.3 is 10.1 Å². The molecule has 2 aromatic rings. The average molecular weight is 412 g/mol. The van der Waals surface area contributed by atoms with Crippen molar-refractivity contribution in [1.29, 1.82) is 0 Å². The summed E-state index contributed by atoms with van der Waals surface area (Å²) in [5.74, 6) is -4.30. The summed E-state index contributed by atoms with van der Waals surface area (Å²) in [5, 5.41) is 2.55. The van der Waals surface area contributed by atoms with E-state index in [0.717, 1.165) is 29.3 Å². The molecule has 0 fully saturated rings. The zero-order valence-electron chi connectivity index (χ0n) is 15.1. The van der Waals surface area contributed by atoms with Gasteiger partial charge in [-0.3, -0.25) is 9.59 Å². The van der Waals surface area contributed by atoms with E-state index in [1.54, 1.807) is 23.8 Å². The molecule has 2 N–H and O–H groups in total. The van der Waals surface area contributed by atoms with Crippen molar-refractivity contribution in [1.82, 2.24) is 4.72 Å². The number of sulfonamides is 1. The van der Waals surface area contributed by atoms with Gasteiger partial charge in [0.1, 0.15) is 18.2 Å². The summed E-state index contributed by atoms with van der Waals surface area (Å²) in [7, 11) is -4.61. The fourth-order valence-corrected chi connectivity index (χ4v) is 3.40. The van der Waals surface area contributed by atoms with E-state index in [0.29, 0.717) is 5.69 Å². The molecule has 0 aliphatic carbocycles. The number of aryl methyl sites for hydroxylation is 2. The van der Waals surface area contributed by atoms with Crippen molar-refractivity contribution in [2.75, 3.05) is 18.5 Å². The van der Waals surface area contributed by atoms with Crippen LogP contribution in [0.2, 0.25) is 0 Å². The molecule has 0 spiro atoms. The van der Waals surface area contributed by atoms with Crippen molar-refractivity contribution in [3.05, 3.63) is 59.2 Å². The van der Waals surface area contributed by atoms with Gasteiger partial charge in [-0.05, 0) is 37.6 Å². The maximum atomic E-state index is 13.6. The van der Waals surface area contributed by atoms with Gasteiger partial charge in [0.2, 0.25) is 10.0 Å². The summed E-state index contributed by atoms with van der Waals surface area (Å²) in [6, 6.07) is 7.90. The van der Waals surface area contributed by atoms with Crippen LogP contribution >= 0.6 is 0 Å². The molecule has 0 unspecified atom stereocenters. The van der Waals surface area contributed by atoms with Crippen LogP contribution in [0.4, 0.5) is 14.5 Å². The fraction of sp³-hybridized carbons (Fsp3) is 0.222. The average Bonchev–Trinajstić information content (AvgIpc) is 2.60. The Morgan fingerprint density at radius 2 is 1.71 bits per heavy atom. The van der Waals surface area contributed by atoms with E-state index in [-0.39, 0.29) is 0 Å². The van der Waals surface area contributed by atoms with Crippen molar-refractivity contribution >= 4 is 27.6 Å². The van der Waals surface area contributed by atoms with Crippen LogP contribution in [0.15, 0.2) is 41.3 Å². The lowest BCUT2D eigenvalue weighted by Gasteiger charge is -2.10. The zero-order valence-corrected chi connectivity index (χ0v) is 15.9. The molecule has 0 saturated heterocycles. The van der Waals surface area contributed by atoms with Crippen molar-refractivity contribution < 1.29 is 31.5 Å². The van der Waals surface area contributed by atoms with E-state index in [1.807, 2.05) is 13.0 Å². The number of amides is 1. The number of rotatable bonds is 7. The van der Waals surface area contributed by atoms with Crippen molar-refractivity contribution in [2.45, 2.75) is 18.7 Å². The Morgan fingerprint density at radius 1 is 1.07 bits per heavy atom. The number of esters is 1. The Labute approximate surface area is 160 Å². The van der Waals surface area contributed by atoms with Gasteiger partial charge in [0.25, 0.3) is 5.91 Å². The SMILES string of the molecule is Cc1ccc(NC(=O)COC(=O)CNS(=O)(=O)c2c(F)cccc2F)c(C)c1. The maximum Gasteiger partial charge on any atom is 0.321 e. The molecule has 7 nitrogen and oxygen atoms in total. The summed E-state index contributed by atoms with van der Waals surface area (Å²) in [4.78, 5) is 22.3. The predicted molar refractivity (Wildman–Crippen MR) is 97.1 cm³/mol. The van der Waals surface area contributed by atoms with E-state index in [4.69, 9.17) is 0 Å². The maximum absolute atomic E-state index is 13.6. The van der Waals surface area contributed by atoms with Crippen LogP contribution in [0.1, 0.15) is 11.1 Å². The van der Waals surface area contributed by atoms with E-state index < -0.39 is 51.6 Å². The Kier molecular flexibility index (Phi) is 6.81. The van der Waals surface area contributed by atoms with E-state index in [9.17, 15) is 26.8 Å². The van der Waals surface area contributed by atoms with E-state index in [2.05, 4.69) is 10.1 Å². The summed E-state index contributed by atoms with van der Waals surface area (Å²) < 4.78 is 57.4. The Hall–Kier alpha value is -2.85. The number of hydrogen-bond donors (Lipinski definition) is 2. The van der Waals surface area contributed by atoms with Gasteiger partial charge in [0.15, 0.2) is 11.5 Å². The molecule has 0 atom stereocenters. The minimum Gasteiger partial charge on any atom is -0.455 e. The van der Waals surface area contributed by atoms with Crippen LogP contribution in [-0.4, -0.2) is 33.4 Å². The summed E-state index contributed by atoms with van der Waals surface area (Å²) >= 11 is 0. The minimum atomic E-state index is -4.61. The molecule has 0 heterocycles. The van der Waals surface area contributed by atoms with Gasteiger partial charge in [-0.1, -0.05) is 23.8 Å². The minimum absolute atomic E-state index is 0.544. The van der Waals surface area contributed by atoms with Crippen molar-refractivity contribution in [3.63, 3.8) is 0 Å². The van der Waals surface area contributed by atoms with Gasteiger partial charge in [0.05, 0.1) is 0 Å². The number of hydrogen-bond acceptors (Lipinski definition) is 5. The Bertz CT molecular complexity index is 989. The van der Waals surface area contributed by atoms with Crippen LogP contribution in [0.25, 0.3) is 0 Å². The lowest BCUT2D eigenvalue weighted by Crippen LogP contribution is -2.33. The van der Waals surface area contributed by atoms with Crippen LogP contribution < -0.4 is 10.0 Å². The number of nitrogens with one attached hydrogen (secondary N) is 2. The molecule has 0 aromatic heterocycles. The quantitative estimate of drug-likeness (QED) is 0.678. The van der Waals surface area contributed by atoms with Crippen molar-refractivity contribution in [2.24, 2.45) is 0 Å². The highest BCUT2D eigenvalue weighted by Gasteiger charge is 2.24. The van der Waals surface area contributed by atoms with Gasteiger partial charge in [0, 0.05) is 5.69 Å². The molecule has 0 bridgehead atoms. The highest BCUT2D eigenvalue weighted by Crippen LogP contribution is 2.18. The number of anilines is 1. The first-order chi connectivity index (χ1) is 13.1. The molecule has 0 aliphatic heterocycles. The second kappa shape index (κ2) is 8.89. The molecule has 28 heavy (non-hydrogen) atoms. The number of ether oxygens (including phenoxy) is 1. The highest BCUT2D eigenvalue weighted by atomic mass is 32.2. The van der Waals surface area contributed by atoms with Crippen LogP contribution in [0.5, 0.6) is 0 Å². The van der Waals surface area contributed by atoms with Crippen molar-refractivity contribution in [3.8, 4) is 0 Å². The Morgan fingerprint density at radius 3 is 2.32 bits per heavy atom. The van der Waals surface area contributed by atoms with Crippen LogP contribution in [-0.2, 0) is 24.3 Å². The highest BCUT2D eigenvalue weighted by molar-refractivity contribution is 7.89. The monoisotopic (exact) mass is 412 g/mol. The topological polar surface area (TPSA) is 102 Å². The second-order valence-corrected chi connectivity index (χ2v) is 7.61. The fourth-order valence-electron chi connectivity index (χ4n) is 2.30. The summed E-state index contributed by atoms with van der Waals surface area (Å²) in [6.45, 7) is 2.15. The first-order valence-corrected chi connectivity index (χ1v) is 9.55. The van der Waals surface area contributed by atoms with Crippen LogP contribution in [0, 0.1) is 25.5 Å². The molecular formula is C18H18F2N2O5S. The standard InChI is InChI=1S/C18H18F2N2O5S/c1-11-6-7-15(12(2)8-11)22-16(23)10-27-17(24)9-21-28(25,26)18-13(19)4-3-5-14(18)20/h3-8,21H,9-10H2,1-2H3,(H,22,23). The third kappa shape index (κ3) is 5.57. The first-order valence-electron chi connectivity index (χ1n) is 8.06. The van der Waals surface area contributed by atoms with Gasteiger partial charge in [-0.15, -0.1) is 0 Å². The third-order valence-corrected chi connectivity index (χ3v) is 5.07. The molecule has 1 amide bonds. The normalized spacial score (nSPS) is 11.1. The largest absolute Gasteiger partial charge is 0.455 e. The molecule has 0 saturated carbocycles. The molecule has 150 valence electrons. The predicted octanol–water partition coefficient (Wildman–Crippen LogP) is 2.04. The van der Waals surface area contributed by atoms with Crippen LogP contribution in [0.3, 0.4) is 0 Å². The van der Waals surface area contributed by atoms with Gasteiger partial charge in [-0.25, -0.2) is 17.2 Å². The van der Waals surface area contributed by atoms with E-state index in [1.165, 1.54) is 0 Å². The molecule has 2 rings (SSSR count). The number of benzene rings is 2. The lowest BCUT2D eigenvalue weighted by molar-refractivity contribution is -0.146. The molecule has 2 aromatic carbocycles. The first kappa shape index (κ1) is 21.5. The molecular weight excluding hydrogens is 394 g/mol. The summed E-state index contributed by atoms with van der Waals surface area (Å²) in [6.07, 6.45) is 0.